The fraction of sp³-hybridized carbons (Fsp3) is 0. The average molecular weight is 402 g/mol. The molecule has 0 radical (unpaired) electrons. The highest BCUT2D eigenvalue weighted by Crippen LogP contribution is 2.28. The smallest absolute Gasteiger partial charge is 0.401 e. The molecule has 2 heterocycles. The van der Waals surface area contributed by atoms with Gasteiger partial charge in [-0.05, 0) is 18.2 Å². The highest BCUT2D eigenvalue weighted by Gasteiger charge is 2.13. The van der Waals surface area contributed by atoms with Crippen molar-refractivity contribution in [2.24, 2.45) is 0 Å². The molecule has 0 aliphatic carbocycles. The molecule has 0 spiro atoms. The largest absolute Gasteiger partial charge is 0.433 e. The van der Waals surface area contributed by atoms with Gasteiger partial charge in [0.1, 0.15) is 21.8 Å². The number of nitrogens with zero attached hydrogens (tertiary/aromatic N) is 3. The molecular weight excluding hydrogens is 394 g/mol. The molecule has 0 fully saturated rings. The number of benzene rings is 1. The average Bonchev–Trinajstić information content (AvgIpc) is 3.23. The zero-order valence-electron chi connectivity index (χ0n) is 12.0. The van der Waals surface area contributed by atoms with Gasteiger partial charge in [0.25, 0.3) is 0 Å². The summed E-state index contributed by atoms with van der Waals surface area (Å²) in [7, 11) is 0. The van der Waals surface area contributed by atoms with Gasteiger partial charge in [-0.15, -0.1) is 11.3 Å². The molecule has 0 aliphatic rings. The van der Waals surface area contributed by atoms with Crippen LogP contribution < -0.4 is 0 Å². The van der Waals surface area contributed by atoms with Crippen LogP contribution in [0.1, 0.15) is 10.8 Å². The van der Waals surface area contributed by atoms with E-state index in [1.54, 1.807) is 0 Å². The molecule has 3 rings (SSSR count). The van der Waals surface area contributed by atoms with Crippen molar-refractivity contribution >= 4 is 44.8 Å². The molecule has 0 aliphatic heterocycles. The molecule has 6 nitrogen and oxygen atoms in total. The van der Waals surface area contributed by atoms with Crippen molar-refractivity contribution < 1.29 is 9.34 Å². The Labute approximate surface area is 149 Å². The lowest BCUT2D eigenvalue weighted by Gasteiger charge is -1.96. The molecule has 8 heteroatoms. The lowest BCUT2D eigenvalue weighted by molar-refractivity contribution is -0.402. The Morgan fingerprint density at radius 2 is 2.08 bits per heavy atom. The van der Waals surface area contributed by atoms with E-state index in [4.69, 9.17) is 4.42 Å². The normalized spacial score (nSPS) is 11.2. The van der Waals surface area contributed by atoms with E-state index < -0.39 is 4.92 Å². The van der Waals surface area contributed by atoms with Gasteiger partial charge in [-0.25, -0.2) is 4.98 Å². The molecule has 0 saturated carbocycles. The monoisotopic (exact) mass is 401 g/mol. The molecule has 0 unspecified atom stereocenters. The predicted molar refractivity (Wildman–Crippen MR) is 94.1 cm³/mol. The van der Waals surface area contributed by atoms with Crippen molar-refractivity contribution in [2.75, 3.05) is 0 Å². The van der Waals surface area contributed by atoms with Crippen molar-refractivity contribution in [2.45, 2.75) is 0 Å². The van der Waals surface area contributed by atoms with Crippen LogP contribution >= 0.6 is 27.3 Å². The van der Waals surface area contributed by atoms with Crippen molar-refractivity contribution in [1.29, 1.82) is 5.26 Å². The molecule has 1 aromatic carbocycles. The van der Waals surface area contributed by atoms with Gasteiger partial charge in [-0.3, -0.25) is 10.1 Å². The number of rotatable bonds is 4. The van der Waals surface area contributed by atoms with Gasteiger partial charge in [0, 0.05) is 21.5 Å². The third-order valence-corrected chi connectivity index (χ3v) is 4.48. The summed E-state index contributed by atoms with van der Waals surface area (Å²) in [5.41, 5.74) is 1.98. The van der Waals surface area contributed by atoms with E-state index in [0.29, 0.717) is 5.01 Å². The molecule has 0 bridgehead atoms. The molecular formula is C16H8BrN3O3S. The third-order valence-electron chi connectivity index (χ3n) is 3.07. The van der Waals surface area contributed by atoms with Gasteiger partial charge in [-0.2, -0.15) is 5.26 Å². The van der Waals surface area contributed by atoms with E-state index in [1.807, 2.05) is 29.6 Å². The maximum atomic E-state index is 10.6. The van der Waals surface area contributed by atoms with Crippen molar-refractivity contribution in [3.05, 3.63) is 67.1 Å². The molecule has 0 N–H and O–H groups in total. The highest BCUT2D eigenvalue weighted by atomic mass is 79.9. The minimum Gasteiger partial charge on any atom is -0.401 e. The van der Waals surface area contributed by atoms with Crippen LogP contribution in [0, 0.1) is 21.4 Å². The molecule has 2 aromatic heterocycles. The van der Waals surface area contributed by atoms with Gasteiger partial charge >= 0.3 is 5.88 Å². The lowest BCUT2D eigenvalue weighted by atomic mass is 10.2. The number of thiazole rings is 1. The first-order chi connectivity index (χ1) is 11.6. The van der Waals surface area contributed by atoms with Gasteiger partial charge in [0.05, 0.1) is 17.3 Å². The Hall–Kier alpha value is -2.76. The van der Waals surface area contributed by atoms with Gasteiger partial charge in [-0.1, -0.05) is 28.1 Å². The van der Waals surface area contributed by atoms with Crippen LogP contribution in [0.2, 0.25) is 0 Å². The number of nitro groups is 1. The highest BCUT2D eigenvalue weighted by molar-refractivity contribution is 9.10. The van der Waals surface area contributed by atoms with Gasteiger partial charge in [0.15, 0.2) is 0 Å². The van der Waals surface area contributed by atoms with Crippen LogP contribution in [0.3, 0.4) is 0 Å². The molecule has 0 atom stereocenters. The minimum atomic E-state index is -0.627. The fourth-order valence-corrected chi connectivity index (χ4v) is 3.01. The van der Waals surface area contributed by atoms with Gasteiger partial charge < -0.3 is 4.42 Å². The number of halogens is 1. The van der Waals surface area contributed by atoms with Crippen LogP contribution in [0.25, 0.3) is 22.9 Å². The van der Waals surface area contributed by atoms with E-state index in [2.05, 4.69) is 27.0 Å². The number of furan rings is 1. The summed E-state index contributed by atoms with van der Waals surface area (Å²) in [4.78, 5) is 14.5. The standard InChI is InChI=1S/C16H8BrN3O3S/c17-12-3-1-10(2-4-12)14-9-24-16(19-14)11(8-18)7-13-5-6-15(23-13)20(21)22/h1-7,9H. The molecule has 0 amide bonds. The topological polar surface area (TPSA) is 93.0 Å². The van der Waals surface area contributed by atoms with E-state index in [1.165, 1.54) is 29.5 Å². The summed E-state index contributed by atoms with van der Waals surface area (Å²) in [5.74, 6) is -0.133. The van der Waals surface area contributed by atoms with Crippen molar-refractivity contribution in [3.8, 4) is 17.3 Å². The quantitative estimate of drug-likeness (QED) is 0.342. The first-order valence-corrected chi connectivity index (χ1v) is 8.32. The molecule has 118 valence electrons. The van der Waals surface area contributed by atoms with Crippen molar-refractivity contribution in [3.63, 3.8) is 0 Å². The number of aromatic nitrogens is 1. The number of hydrogen-bond acceptors (Lipinski definition) is 6. The van der Waals surface area contributed by atoms with E-state index >= 15 is 0 Å². The maximum Gasteiger partial charge on any atom is 0.433 e. The summed E-state index contributed by atoms with van der Waals surface area (Å²) in [6.45, 7) is 0. The number of hydrogen-bond donors (Lipinski definition) is 0. The van der Waals surface area contributed by atoms with Crippen molar-refractivity contribution in [1.82, 2.24) is 4.98 Å². The molecule has 24 heavy (non-hydrogen) atoms. The Balaban J connectivity index is 1.91. The van der Waals surface area contributed by atoms with Crippen LogP contribution in [-0.4, -0.2) is 9.91 Å². The second kappa shape index (κ2) is 6.78. The second-order valence-corrected chi connectivity index (χ2v) is 6.42. The van der Waals surface area contributed by atoms with E-state index in [9.17, 15) is 15.4 Å². The van der Waals surface area contributed by atoms with Crippen LogP contribution in [-0.2, 0) is 0 Å². The maximum absolute atomic E-state index is 10.6. The molecule has 3 aromatic rings. The zero-order valence-corrected chi connectivity index (χ0v) is 14.4. The second-order valence-electron chi connectivity index (χ2n) is 4.65. The first-order valence-electron chi connectivity index (χ1n) is 6.64. The van der Waals surface area contributed by atoms with E-state index in [-0.39, 0.29) is 17.2 Å². The van der Waals surface area contributed by atoms with Gasteiger partial charge in [0.2, 0.25) is 0 Å². The summed E-state index contributed by atoms with van der Waals surface area (Å²) >= 11 is 4.70. The summed E-state index contributed by atoms with van der Waals surface area (Å²) < 4.78 is 6.02. The Morgan fingerprint density at radius 3 is 2.71 bits per heavy atom. The minimum absolute atomic E-state index is 0.235. The zero-order chi connectivity index (χ0) is 17.1. The SMILES string of the molecule is N#CC(=Cc1ccc([N+](=O)[O-])o1)c1nc(-c2ccc(Br)cc2)cs1. The Kier molecular flexibility index (Phi) is 4.55. The number of nitriles is 1. The summed E-state index contributed by atoms with van der Waals surface area (Å²) in [6.07, 6.45) is 1.44. The summed E-state index contributed by atoms with van der Waals surface area (Å²) in [5, 5.41) is 22.4. The third kappa shape index (κ3) is 3.42. The fourth-order valence-electron chi connectivity index (χ4n) is 1.95. The Bertz CT molecular complexity index is 967. The van der Waals surface area contributed by atoms with Crippen LogP contribution in [0.15, 0.2) is 50.7 Å². The first kappa shape index (κ1) is 16.1. The predicted octanol–water partition coefficient (Wildman–Crippen LogP) is 5.14. The Morgan fingerprint density at radius 1 is 1.33 bits per heavy atom. The number of allylic oxidation sites excluding steroid dienone is 1. The summed E-state index contributed by atoms with van der Waals surface area (Å²) in [6, 6.07) is 12.4. The molecule has 0 saturated heterocycles. The lowest BCUT2D eigenvalue weighted by Crippen LogP contribution is -1.83. The van der Waals surface area contributed by atoms with Crippen LogP contribution in [0.5, 0.6) is 0 Å². The van der Waals surface area contributed by atoms with Crippen LogP contribution in [0.4, 0.5) is 5.88 Å². The van der Waals surface area contributed by atoms with E-state index in [0.717, 1.165) is 15.7 Å².